The second-order valence-electron chi connectivity index (χ2n) is 7.59. The van der Waals surface area contributed by atoms with Crippen LogP contribution in [0.25, 0.3) is 0 Å². The standard InChI is InChI=1S/C20H21ClFN3O2/c1-12-23-18-16(19(27)24-12)2-3-20(18)4-6-25(7-5-20)17(26)10-13-8-14(21)11-15(22)9-13/h8-9,11H,2-7,10H2,1H3,(H,23,24,27). The molecule has 1 aromatic heterocycles. The summed E-state index contributed by atoms with van der Waals surface area (Å²) in [6.45, 7) is 3.04. The third kappa shape index (κ3) is 3.38. The Kier molecular flexibility index (Phi) is 4.54. The molecule has 2 aromatic rings. The first-order valence-electron chi connectivity index (χ1n) is 9.19. The third-order valence-corrected chi connectivity index (χ3v) is 6.06. The molecule has 0 unspecified atom stereocenters. The molecule has 1 aliphatic heterocycles. The largest absolute Gasteiger partial charge is 0.342 e. The van der Waals surface area contributed by atoms with Crippen molar-refractivity contribution in [1.82, 2.24) is 14.9 Å². The van der Waals surface area contributed by atoms with Crippen LogP contribution in [0.2, 0.25) is 5.02 Å². The minimum absolute atomic E-state index is 0.0280. The minimum atomic E-state index is -0.433. The van der Waals surface area contributed by atoms with Gasteiger partial charge in [0.1, 0.15) is 11.6 Å². The van der Waals surface area contributed by atoms with Gasteiger partial charge in [0.25, 0.3) is 5.56 Å². The van der Waals surface area contributed by atoms with E-state index in [1.54, 1.807) is 13.0 Å². The van der Waals surface area contributed by atoms with Crippen LogP contribution in [-0.4, -0.2) is 33.9 Å². The zero-order valence-corrected chi connectivity index (χ0v) is 15.9. The van der Waals surface area contributed by atoms with E-state index in [0.29, 0.717) is 29.5 Å². The van der Waals surface area contributed by atoms with Crippen LogP contribution in [0.1, 0.15) is 41.9 Å². The number of carbonyl (C=O) groups is 1. The van der Waals surface area contributed by atoms with Crippen LogP contribution in [0.4, 0.5) is 4.39 Å². The van der Waals surface area contributed by atoms with Gasteiger partial charge in [-0.05, 0) is 56.4 Å². The summed E-state index contributed by atoms with van der Waals surface area (Å²) in [6, 6.07) is 4.20. The molecule has 1 fully saturated rings. The zero-order valence-electron chi connectivity index (χ0n) is 15.1. The maximum atomic E-state index is 13.5. The number of benzene rings is 1. The van der Waals surface area contributed by atoms with Crippen LogP contribution in [0.5, 0.6) is 0 Å². The monoisotopic (exact) mass is 389 g/mol. The van der Waals surface area contributed by atoms with E-state index in [1.807, 2.05) is 4.90 Å². The predicted octanol–water partition coefficient (Wildman–Crippen LogP) is 2.92. The lowest BCUT2D eigenvalue weighted by molar-refractivity contribution is -0.132. The van der Waals surface area contributed by atoms with E-state index >= 15 is 0 Å². The molecule has 7 heteroatoms. The number of H-pyrrole nitrogens is 1. The first-order valence-corrected chi connectivity index (χ1v) is 9.57. The number of amides is 1. The highest BCUT2D eigenvalue weighted by Crippen LogP contribution is 2.44. The van der Waals surface area contributed by atoms with Gasteiger partial charge in [-0.15, -0.1) is 0 Å². The second-order valence-corrected chi connectivity index (χ2v) is 8.03. The Morgan fingerprint density at radius 2 is 2.04 bits per heavy atom. The lowest BCUT2D eigenvalue weighted by Gasteiger charge is -2.39. The molecular formula is C20H21ClFN3O2. The van der Waals surface area contributed by atoms with Gasteiger partial charge in [0, 0.05) is 29.1 Å². The topological polar surface area (TPSA) is 66.1 Å². The molecule has 5 nitrogen and oxygen atoms in total. The van der Waals surface area contributed by atoms with Gasteiger partial charge in [-0.3, -0.25) is 9.59 Å². The summed E-state index contributed by atoms with van der Waals surface area (Å²) in [6.07, 6.45) is 3.38. The van der Waals surface area contributed by atoms with Crippen LogP contribution in [0.3, 0.4) is 0 Å². The smallest absolute Gasteiger partial charge is 0.254 e. The average Bonchev–Trinajstić information content (AvgIpc) is 2.93. The number of aromatic nitrogens is 2. The number of fused-ring (bicyclic) bond motifs is 2. The van der Waals surface area contributed by atoms with Crippen molar-refractivity contribution in [1.29, 1.82) is 0 Å². The molecule has 1 aliphatic carbocycles. The number of piperidine rings is 1. The molecule has 2 heterocycles. The highest BCUT2D eigenvalue weighted by Gasteiger charge is 2.44. The fourth-order valence-corrected chi connectivity index (χ4v) is 4.68. The number of aryl methyl sites for hydroxylation is 1. The Morgan fingerprint density at radius 3 is 2.74 bits per heavy atom. The molecule has 1 spiro atoms. The first-order chi connectivity index (χ1) is 12.9. The number of rotatable bonds is 2. The molecule has 2 aliphatic rings. The fourth-order valence-electron chi connectivity index (χ4n) is 4.43. The van der Waals surface area contributed by atoms with Crippen molar-refractivity contribution in [2.24, 2.45) is 0 Å². The molecule has 0 radical (unpaired) electrons. The summed E-state index contributed by atoms with van der Waals surface area (Å²) in [7, 11) is 0. The number of nitrogens with zero attached hydrogens (tertiary/aromatic N) is 2. The Labute approximate surface area is 161 Å². The molecule has 1 N–H and O–H groups in total. The zero-order chi connectivity index (χ0) is 19.2. The number of carbonyl (C=O) groups excluding carboxylic acids is 1. The van der Waals surface area contributed by atoms with E-state index in [9.17, 15) is 14.0 Å². The molecule has 1 amide bonds. The minimum Gasteiger partial charge on any atom is -0.342 e. The van der Waals surface area contributed by atoms with Gasteiger partial charge in [0.2, 0.25) is 5.91 Å². The maximum Gasteiger partial charge on any atom is 0.254 e. The van der Waals surface area contributed by atoms with Crippen LogP contribution in [0, 0.1) is 12.7 Å². The molecule has 142 valence electrons. The van der Waals surface area contributed by atoms with E-state index in [0.717, 1.165) is 36.9 Å². The molecule has 0 bridgehead atoms. The number of hydrogen-bond donors (Lipinski definition) is 1. The normalized spacial score (nSPS) is 18.0. The first kappa shape index (κ1) is 18.2. The summed E-state index contributed by atoms with van der Waals surface area (Å²) >= 11 is 5.87. The summed E-state index contributed by atoms with van der Waals surface area (Å²) in [4.78, 5) is 34.1. The summed E-state index contributed by atoms with van der Waals surface area (Å²) < 4.78 is 13.5. The van der Waals surface area contributed by atoms with Gasteiger partial charge in [-0.2, -0.15) is 0 Å². The van der Waals surface area contributed by atoms with Gasteiger partial charge in [0.15, 0.2) is 0 Å². The van der Waals surface area contributed by atoms with Crippen molar-refractivity contribution >= 4 is 17.5 Å². The van der Waals surface area contributed by atoms with Gasteiger partial charge in [-0.1, -0.05) is 11.6 Å². The van der Waals surface area contributed by atoms with Gasteiger partial charge < -0.3 is 9.88 Å². The van der Waals surface area contributed by atoms with Crippen molar-refractivity contribution in [3.63, 3.8) is 0 Å². The second kappa shape index (κ2) is 6.75. The number of halogens is 2. The molecule has 0 atom stereocenters. The Morgan fingerprint density at radius 1 is 1.30 bits per heavy atom. The lowest BCUT2D eigenvalue weighted by Crippen LogP contribution is -2.45. The number of aromatic amines is 1. The van der Waals surface area contributed by atoms with Crippen LogP contribution < -0.4 is 5.56 Å². The Bertz CT molecular complexity index is 944. The van der Waals surface area contributed by atoms with Gasteiger partial charge >= 0.3 is 0 Å². The molecule has 27 heavy (non-hydrogen) atoms. The Hall–Kier alpha value is -2.21. The number of hydrogen-bond acceptors (Lipinski definition) is 3. The van der Waals surface area contributed by atoms with Crippen LogP contribution in [-0.2, 0) is 23.1 Å². The van der Waals surface area contributed by atoms with Gasteiger partial charge in [-0.25, -0.2) is 9.37 Å². The quantitative estimate of drug-likeness (QED) is 0.858. The molecule has 1 aromatic carbocycles. The fraction of sp³-hybridized carbons (Fsp3) is 0.450. The third-order valence-electron chi connectivity index (χ3n) is 5.84. The van der Waals surface area contributed by atoms with E-state index in [2.05, 4.69) is 9.97 Å². The van der Waals surface area contributed by atoms with Crippen molar-refractivity contribution < 1.29 is 9.18 Å². The number of nitrogens with one attached hydrogen (secondary N) is 1. The summed E-state index contributed by atoms with van der Waals surface area (Å²) in [5.41, 5.74) is 2.17. The predicted molar refractivity (Wildman–Crippen MR) is 101 cm³/mol. The van der Waals surface area contributed by atoms with Crippen molar-refractivity contribution in [2.75, 3.05) is 13.1 Å². The van der Waals surface area contributed by atoms with E-state index in [4.69, 9.17) is 11.6 Å². The van der Waals surface area contributed by atoms with Gasteiger partial charge in [0.05, 0.1) is 12.1 Å². The number of likely N-dealkylation sites (tertiary alicyclic amines) is 1. The average molecular weight is 390 g/mol. The summed E-state index contributed by atoms with van der Waals surface area (Å²) in [5.74, 6) is 0.179. The highest BCUT2D eigenvalue weighted by molar-refractivity contribution is 6.30. The van der Waals surface area contributed by atoms with E-state index < -0.39 is 5.82 Å². The highest BCUT2D eigenvalue weighted by atomic mass is 35.5. The molecule has 0 saturated carbocycles. The molecular weight excluding hydrogens is 369 g/mol. The van der Waals surface area contributed by atoms with Crippen molar-refractivity contribution in [3.05, 3.63) is 62.0 Å². The summed E-state index contributed by atoms with van der Waals surface area (Å²) in [5, 5.41) is 0.296. The van der Waals surface area contributed by atoms with Crippen LogP contribution >= 0.6 is 11.6 Å². The molecule has 1 saturated heterocycles. The molecule has 4 rings (SSSR count). The van der Waals surface area contributed by atoms with Crippen LogP contribution in [0.15, 0.2) is 23.0 Å². The van der Waals surface area contributed by atoms with Crippen molar-refractivity contribution in [3.8, 4) is 0 Å². The van der Waals surface area contributed by atoms with E-state index in [1.165, 1.54) is 12.1 Å². The van der Waals surface area contributed by atoms with E-state index in [-0.39, 0.29) is 23.3 Å². The Balaban J connectivity index is 1.47. The van der Waals surface area contributed by atoms with Crippen molar-refractivity contribution in [2.45, 2.75) is 44.4 Å². The SMILES string of the molecule is Cc1nc2c(c(=O)[nH]1)CCC21CCN(C(=O)Cc2cc(F)cc(Cl)c2)CC1. The lowest BCUT2D eigenvalue weighted by atomic mass is 9.76. The maximum absolute atomic E-state index is 13.5.